The number of allylic oxidation sites excluding steroid dienone is 5. The molecule has 0 atom stereocenters. The molecule has 0 saturated carbocycles. The summed E-state index contributed by atoms with van der Waals surface area (Å²) >= 11 is 0. The summed E-state index contributed by atoms with van der Waals surface area (Å²) in [5.74, 6) is 0. The van der Waals surface area contributed by atoms with E-state index in [1.807, 2.05) is 0 Å². The maximum atomic E-state index is 7.75. The Morgan fingerprint density at radius 2 is 0.553 bits per heavy atom. The molecule has 38 heavy (non-hydrogen) atoms. The van der Waals surface area contributed by atoms with E-state index in [1.165, 1.54) is 44.5 Å². The maximum Gasteiger partial charge on any atom is 4.00 e. The van der Waals surface area contributed by atoms with Gasteiger partial charge in [0, 0.05) is 0 Å². The van der Waals surface area contributed by atoms with Gasteiger partial charge in [0.25, 0.3) is 0 Å². The van der Waals surface area contributed by atoms with Gasteiger partial charge in [-0.05, 0) is 50.1 Å². The Hall–Kier alpha value is -4.37. The minimum atomic E-state index is 0. The van der Waals surface area contributed by atoms with E-state index in [0.29, 0.717) is 0 Å². The van der Waals surface area contributed by atoms with Crippen molar-refractivity contribution >= 4 is 42.7 Å². The van der Waals surface area contributed by atoms with E-state index in [4.69, 9.17) is 14.4 Å². The second-order valence-corrected chi connectivity index (χ2v) is 7.44. The quantitative estimate of drug-likeness (QED) is 0.154. The van der Waals surface area contributed by atoms with Crippen LogP contribution in [-0.4, -0.2) is 20.4 Å². The second kappa shape index (κ2) is 18.0. The summed E-state index contributed by atoms with van der Waals surface area (Å²) in [4.78, 5) is 23.2. The maximum absolute atomic E-state index is 7.75. The summed E-state index contributed by atoms with van der Waals surface area (Å²) < 4.78 is 0. The minimum absolute atomic E-state index is 0. The van der Waals surface area contributed by atoms with E-state index in [9.17, 15) is 0 Å². The van der Waals surface area contributed by atoms with Crippen molar-refractivity contribution in [2.45, 2.75) is 0 Å². The van der Waals surface area contributed by atoms with Crippen LogP contribution < -0.4 is 0 Å². The SMILES string of the molecule is C=C1C(c2ccccc2)=C(c2ccccc2)C(c2ccccc2)=C1c1ccccc1.[CH-]=O.[CH-]=O.[CH-]=O.[CH3-].[Fe+4]. The summed E-state index contributed by atoms with van der Waals surface area (Å²) in [7, 11) is 0. The van der Waals surface area contributed by atoms with Crippen molar-refractivity contribution in [1.82, 2.24) is 0 Å². The zero-order chi connectivity index (χ0) is 26.3. The molecule has 0 fully saturated rings. The van der Waals surface area contributed by atoms with Crippen molar-refractivity contribution in [3.05, 3.63) is 163 Å². The molecule has 1 aliphatic rings. The monoisotopic (exact) mass is 540 g/mol. The molecule has 1 aliphatic carbocycles. The Labute approximate surface area is 236 Å². The molecule has 3 nitrogen and oxygen atoms in total. The van der Waals surface area contributed by atoms with Gasteiger partial charge in [-0.1, -0.05) is 128 Å². The van der Waals surface area contributed by atoms with Crippen LogP contribution in [0.1, 0.15) is 22.3 Å². The van der Waals surface area contributed by atoms with Gasteiger partial charge in [0.1, 0.15) is 0 Å². The first kappa shape index (κ1) is 33.6. The fourth-order valence-electron chi connectivity index (χ4n) is 4.31. The van der Waals surface area contributed by atoms with E-state index in [1.54, 1.807) is 0 Å². The fraction of sp³-hybridized carbons (Fsp3) is 0. The molecule has 0 bridgehead atoms. The van der Waals surface area contributed by atoms with Crippen LogP contribution in [0.25, 0.3) is 22.3 Å². The number of rotatable bonds is 4. The molecule has 5 rings (SSSR count). The van der Waals surface area contributed by atoms with Crippen molar-refractivity contribution in [3.63, 3.8) is 0 Å². The standard InChI is InChI=1S/C30H22.3CHO.CH3.Fe/c1-22-27(23-14-6-2-7-15-23)29(25-18-10-4-11-19-25)30(26-20-12-5-13-21-26)28(22)24-16-8-3-9-17-24;3*1-2;;/h2-21H,1H2;3*1H;1H3;/q;4*-1;+4. The Balaban J connectivity index is 0.00000160. The Morgan fingerprint density at radius 1 is 0.368 bits per heavy atom. The molecule has 0 aliphatic heterocycles. The van der Waals surface area contributed by atoms with E-state index >= 15 is 0 Å². The molecule has 4 aromatic rings. The largest absolute Gasteiger partial charge is 4.00 e. The van der Waals surface area contributed by atoms with Crippen molar-refractivity contribution < 1.29 is 31.5 Å². The normalized spacial score (nSPS) is 11.2. The predicted molar refractivity (Wildman–Crippen MR) is 155 cm³/mol. The third-order valence-electron chi connectivity index (χ3n) is 5.60. The van der Waals surface area contributed by atoms with Crippen LogP contribution in [0.3, 0.4) is 0 Å². The zero-order valence-corrected chi connectivity index (χ0v) is 22.2. The van der Waals surface area contributed by atoms with Crippen LogP contribution in [0.5, 0.6) is 0 Å². The van der Waals surface area contributed by atoms with Crippen molar-refractivity contribution in [3.8, 4) is 0 Å². The Kier molecular flexibility index (Phi) is 15.9. The number of benzene rings is 4. The average Bonchev–Trinajstić information content (AvgIpc) is 3.30. The van der Waals surface area contributed by atoms with Gasteiger partial charge >= 0.3 is 17.1 Å². The van der Waals surface area contributed by atoms with Crippen LogP contribution in [0.2, 0.25) is 0 Å². The molecular weight excluding hydrogens is 512 g/mol. The molecule has 0 N–H and O–H groups in total. The average molecular weight is 540 g/mol. The molecule has 0 heterocycles. The third kappa shape index (κ3) is 7.33. The Bertz CT molecular complexity index is 1210. The van der Waals surface area contributed by atoms with Crippen LogP contribution in [0.4, 0.5) is 0 Å². The van der Waals surface area contributed by atoms with Gasteiger partial charge in [0.05, 0.1) is 0 Å². The Morgan fingerprint density at radius 3 is 0.763 bits per heavy atom. The summed E-state index contributed by atoms with van der Waals surface area (Å²) in [6.07, 6.45) is 0. The summed E-state index contributed by atoms with van der Waals surface area (Å²) in [5, 5.41) is 0. The second-order valence-electron chi connectivity index (χ2n) is 7.44. The molecule has 0 saturated heterocycles. The molecular formula is C34H28FeO3. The van der Waals surface area contributed by atoms with Crippen LogP contribution in [-0.2, 0) is 31.5 Å². The topological polar surface area (TPSA) is 51.2 Å². The van der Waals surface area contributed by atoms with Gasteiger partial charge < -0.3 is 21.8 Å². The van der Waals surface area contributed by atoms with E-state index < -0.39 is 0 Å². The van der Waals surface area contributed by atoms with Gasteiger partial charge in [-0.15, -0.1) is 0 Å². The smallest absolute Gasteiger partial charge is 0.545 e. The third-order valence-corrected chi connectivity index (χ3v) is 5.60. The molecule has 4 heteroatoms. The summed E-state index contributed by atoms with van der Waals surface area (Å²) in [6, 6.07) is 42.6. The van der Waals surface area contributed by atoms with Crippen molar-refractivity contribution in [2.24, 2.45) is 0 Å². The van der Waals surface area contributed by atoms with Gasteiger partial charge in [-0.2, -0.15) is 0 Å². The van der Waals surface area contributed by atoms with Crippen LogP contribution in [0, 0.1) is 7.43 Å². The predicted octanol–water partition coefficient (Wildman–Crippen LogP) is 7.40. The van der Waals surface area contributed by atoms with E-state index in [-0.39, 0.29) is 24.5 Å². The van der Waals surface area contributed by atoms with Gasteiger partial charge in [-0.25, -0.2) is 0 Å². The number of carbonyl (C=O) groups excluding carboxylic acids is 3. The molecule has 0 amide bonds. The molecule has 0 radical (unpaired) electrons. The number of hydrogen-bond acceptors (Lipinski definition) is 3. The minimum Gasteiger partial charge on any atom is -0.545 e. The molecule has 0 spiro atoms. The molecule has 0 unspecified atom stereocenters. The van der Waals surface area contributed by atoms with Crippen LogP contribution >= 0.6 is 0 Å². The summed E-state index contributed by atoms with van der Waals surface area (Å²) in [6.45, 7) is 14.4. The van der Waals surface area contributed by atoms with Gasteiger partial charge in [0.15, 0.2) is 0 Å². The van der Waals surface area contributed by atoms with Crippen molar-refractivity contribution in [1.29, 1.82) is 0 Å². The summed E-state index contributed by atoms with van der Waals surface area (Å²) in [5.41, 5.74) is 10.8. The molecule has 190 valence electrons. The van der Waals surface area contributed by atoms with Crippen molar-refractivity contribution in [2.75, 3.05) is 0 Å². The van der Waals surface area contributed by atoms with E-state index in [0.717, 1.165) is 5.57 Å². The fourth-order valence-corrected chi connectivity index (χ4v) is 4.31. The molecule has 4 aromatic carbocycles. The first-order chi connectivity index (χ1) is 17.8. The zero-order valence-electron chi connectivity index (χ0n) is 21.1. The molecule has 0 aromatic heterocycles. The first-order valence-electron chi connectivity index (χ1n) is 11.0. The van der Waals surface area contributed by atoms with Crippen LogP contribution in [0.15, 0.2) is 133 Å². The first-order valence-corrected chi connectivity index (χ1v) is 11.0. The number of hydrogen-bond donors (Lipinski definition) is 0. The van der Waals surface area contributed by atoms with E-state index in [2.05, 4.69) is 148 Å². The van der Waals surface area contributed by atoms with Gasteiger partial charge in [-0.3, -0.25) is 20.4 Å². The van der Waals surface area contributed by atoms with Gasteiger partial charge in [0.2, 0.25) is 0 Å².